The SMILES string of the molecule is Cl.NCCNC(=O)c1cc([N+](=O)[O-])[nH]n1. The largest absolute Gasteiger partial charge is 0.358 e. The van der Waals surface area contributed by atoms with Gasteiger partial charge in [0.05, 0.1) is 6.07 Å². The highest BCUT2D eigenvalue weighted by Crippen LogP contribution is 2.07. The van der Waals surface area contributed by atoms with Gasteiger partial charge in [-0.1, -0.05) is 5.10 Å². The summed E-state index contributed by atoms with van der Waals surface area (Å²) in [5.74, 6) is -0.803. The standard InChI is InChI=1S/C6H9N5O3.ClH/c7-1-2-8-6(12)4-3-5(10-9-4)11(13)14;/h3H,1-2,7H2,(H,8,12)(H,9,10);1H. The molecule has 0 aliphatic carbocycles. The maximum atomic E-state index is 11.2. The Labute approximate surface area is 90.8 Å². The van der Waals surface area contributed by atoms with Crippen molar-refractivity contribution in [2.24, 2.45) is 5.73 Å². The molecule has 9 heteroatoms. The van der Waals surface area contributed by atoms with E-state index in [1.807, 2.05) is 0 Å². The van der Waals surface area contributed by atoms with Crippen molar-refractivity contribution >= 4 is 24.1 Å². The first-order valence-corrected chi connectivity index (χ1v) is 3.83. The van der Waals surface area contributed by atoms with Crippen molar-refractivity contribution in [2.45, 2.75) is 0 Å². The lowest BCUT2D eigenvalue weighted by molar-refractivity contribution is -0.389. The van der Waals surface area contributed by atoms with E-state index in [1.54, 1.807) is 0 Å². The van der Waals surface area contributed by atoms with Crippen LogP contribution in [0.1, 0.15) is 10.5 Å². The number of nitro groups is 1. The van der Waals surface area contributed by atoms with Crippen LogP contribution in [0, 0.1) is 10.1 Å². The molecule has 0 spiro atoms. The van der Waals surface area contributed by atoms with E-state index in [2.05, 4.69) is 15.5 Å². The predicted octanol–water partition coefficient (Wildman–Crippen LogP) is -0.572. The summed E-state index contributed by atoms with van der Waals surface area (Å²) in [7, 11) is 0. The van der Waals surface area contributed by atoms with Crippen LogP contribution in [-0.4, -0.2) is 34.1 Å². The third-order valence-electron chi connectivity index (χ3n) is 1.42. The van der Waals surface area contributed by atoms with Gasteiger partial charge < -0.3 is 21.2 Å². The number of H-pyrrole nitrogens is 1. The van der Waals surface area contributed by atoms with E-state index in [0.717, 1.165) is 6.07 Å². The molecule has 1 aromatic rings. The molecule has 8 nitrogen and oxygen atoms in total. The van der Waals surface area contributed by atoms with Gasteiger partial charge in [0, 0.05) is 13.1 Å². The lowest BCUT2D eigenvalue weighted by atomic mass is 10.4. The van der Waals surface area contributed by atoms with E-state index in [0.29, 0.717) is 13.1 Å². The van der Waals surface area contributed by atoms with Crippen LogP contribution in [-0.2, 0) is 0 Å². The number of carbonyl (C=O) groups excluding carboxylic acids is 1. The first-order chi connectivity index (χ1) is 6.65. The molecule has 0 unspecified atom stereocenters. The van der Waals surface area contributed by atoms with E-state index in [1.165, 1.54) is 0 Å². The molecule has 0 radical (unpaired) electrons. The predicted molar refractivity (Wildman–Crippen MR) is 53.9 cm³/mol. The second kappa shape index (κ2) is 5.94. The van der Waals surface area contributed by atoms with Crippen molar-refractivity contribution in [1.82, 2.24) is 15.5 Å². The number of amides is 1. The highest BCUT2D eigenvalue weighted by Gasteiger charge is 2.15. The number of nitrogens with one attached hydrogen (secondary N) is 2. The Morgan fingerprint density at radius 1 is 1.73 bits per heavy atom. The number of nitrogens with zero attached hydrogens (tertiary/aromatic N) is 2. The number of aromatic nitrogens is 2. The molecule has 0 saturated heterocycles. The molecule has 4 N–H and O–H groups in total. The minimum Gasteiger partial charge on any atom is -0.358 e. The van der Waals surface area contributed by atoms with E-state index >= 15 is 0 Å². The summed E-state index contributed by atoms with van der Waals surface area (Å²) in [4.78, 5) is 20.7. The molecule has 0 fully saturated rings. The highest BCUT2D eigenvalue weighted by atomic mass is 35.5. The van der Waals surface area contributed by atoms with Crippen LogP contribution in [0.5, 0.6) is 0 Å². The van der Waals surface area contributed by atoms with Gasteiger partial charge in [-0.3, -0.25) is 4.79 Å². The Hall–Kier alpha value is -1.67. The number of nitrogens with two attached hydrogens (primary N) is 1. The molecule has 0 aliphatic rings. The summed E-state index contributed by atoms with van der Waals surface area (Å²) < 4.78 is 0. The van der Waals surface area contributed by atoms with Crippen LogP contribution in [0.3, 0.4) is 0 Å². The number of hydrogen-bond donors (Lipinski definition) is 3. The molecule has 0 atom stereocenters. The molecule has 1 aromatic heterocycles. The van der Waals surface area contributed by atoms with Crippen molar-refractivity contribution < 1.29 is 9.72 Å². The summed E-state index contributed by atoms with van der Waals surface area (Å²) in [5, 5.41) is 18.3. The minimum atomic E-state index is -0.660. The van der Waals surface area contributed by atoms with Gasteiger partial charge >= 0.3 is 5.82 Å². The Bertz CT molecular complexity index is 352. The molecular formula is C6H10ClN5O3. The maximum absolute atomic E-state index is 11.2. The van der Waals surface area contributed by atoms with Gasteiger partial charge in [-0.05, 0) is 4.92 Å². The number of hydrogen-bond acceptors (Lipinski definition) is 5. The Balaban J connectivity index is 0.00000196. The number of halogens is 1. The van der Waals surface area contributed by atoms with Gasteiger partial charge in [0.15, 0.2) is 5.69 Å². The Kier molecular flexibility index (Phi) is 5.27. The fourth-order valence-electron chi connectivity index (χ4n) is 0.798. The highest BCUT2D eigenvalue weighted by molar-refractivity contribution is 5.92. The zero-order valence-electron chi connectivity index (χ0n) is 7.60. The summed E-state index contributed by atoms with van der Waals surface area (Å²) in [6, 6.07) is 1.06. The molecule has 84 valence electrons. The van der Waals surface area contributed by atoms with Gasteiger partial charge in [0.25, 0.3) is 5.91 Å². The summed E-state index contributed by atoms with van der Waals surface area (Å²) >= 11 is 0. The molecule has 1 heterocycles. The van der Waals surface area contributed by atoms with Crippen LogP contribution in [0.2, 0.25) is 0 Å². The molecule has 15 heavy (non-hydrogen) atoms. The topological polar surface area (TPSA) is 127 Å². The minimum absolute atomic E-state index is 0. The first kappa shape index (κ1) is 13.3. The first-order valence-electron chi connectivity index (χ1n) is 3.83. The third-order valence-corrected chi connectivity index (χ3v) is 1.42. The zero-order valence-corrected chi connectivity index (χ0v) is 8.41. The molecule has 1 rings (SSSR count). The molecule has 0 aromatic carbocycles. The number of rotatable bonds is 4. The van der Waals surface area contributed by atoms with E-state index in [9.17, 15) is 14.9 Å². The van der Waals surface area contributed by atoms with Crippen molar-refractivity contribution in [3.8, 4) is 0 Å². The lowest BCUT2D eigenvalue weighted by Crippen LogP contribution is -2.29. The Morgan fingerprint density at radius 3 is 2.87 bits per heavy atom. The normalized spacial score (nSPS) is 9.13. The lowest BCUT2D eigenvalue weighted by Gasteiger charge is -1.97. The van der Waals surface area contributed by atoms with Gasteiger partial charge in [-0.25, -0.2) is 0 Å². The third kappa shape index (κ3) is 3.52. The molecule has 0 bridgehead atoms. The number of carbonyl (C=O) groups is 1. The monoisotopic (exact) mass is 235 g/mol. The van der Waals surface area contributed by atoms with Crippen molar-refractivity contribution in [2.75, 3.05) is 13.1 Å². The summed E-state index contributed by atoms with van der Waals surface area (Å²) in [5.41, 5.74) is 5.13. The van der Waals surface area contributed by atoms with E-state index in [4.69, 9.17) is 5.73 Å². The molecular weight excluding hydrogens is 226 g/mol. The smallest absolute Gasteiger partial charge is 0.343 e. The van der Waals surface area contributed by atoms with Crippen LogP contribution in [0.4, 0.5) is 5.82 Å². The van der Waals surface area contributed by atoms with Gasteiger partial charge in [0.1, 0.15) is 0 Å². The second-order valence-corrected chi connectivity index (χ2v) is 2.44. The number of aromatic amines is 1. The van der Waals surface area contributed by atoms with E-state index < -0.39 is 10.8 Å². The molecule has 1 amide bonds. The van der Waals surface area contributed by atoms with Crippen LogP contribution in [0.15, 0.2) is 6.07 Å². The van der Waals surface area contributed by atoms with Crippen LogP contribution < -0.4 is 11.1 Å². The average Bonchev–Trinajstić information content (AvgIpc) is 2.62. The summed E-state index contributed by atoms with van der Waals surface area (Å²) in [6.07, 6.45) is 0. The van der Waals surface area contributed by atoms with Crippen LogP contribution in [0.25, 0.3) is 0 Å². The zero-order chi connectivity index (χ0) is 10.6. The van der Waals surface area contributed by atoms with Crippen LogP contribution >= 0.6 is 12.4 Å². The van der Waals surface area contributed by atoms with Gasteiger partial charge in [-0.2, -0.15) is 0 Å². The van der Waals surface area contributed by atoms with Gasteiger partial charge in [-0.15, -0.1) is 17.5 Å². The van der Waals surface area contributed by atoms with Crippen molar-refractivity contribution in [3.63, 3.8) is 0 Å². The molecule has 0 aliphatic heterocycles. The maximum Gasteiger partial charge on any atom is 0.343 e. The fourth-order valence-corrected chi connectivity index (χ4v) is 0.798. The fraction of sp³-hybridized carbons (Fsp3) is 0.333. The molecule has 0 saturated carbocycles. The van der Waals surface area contributed by atoms with Crippen molar-refractivity contribution in [1.29, 1.82) is 0 Å². The summed E-state index contributed by atoms with van der Waals surface area (Å²) in [6.45, 7) is 0.609. The Morgan fingerprint density at radius 2 is 2.40 bits per heavy atom. The second-order valence-electron chi connectivity index (χ2n) is 2.44. The quantitative estimate of drug-likeness (QED) is 0.476. The average molecular weight is 236 g/mol. The van der Waals surface area contributed by atoms with E-state index in [-0.39, 0.29) is 23.9 Å². The van der Waals surface area contributed by atoms with Crippen molar-refractivity contribution in [3.05, 3.63) is 21.9 Å². The van der Waals surface area contributed by atoms with Gasteiger partial charge in [0.2, 0.25) is 0 Å².